The van der Waals surface area contributed by atoms with Crippen molar-refractivity contribution in [2.75, 3.05) is 25.2 Å². The Morgan fingerprint density at radius 1 is 1.00 bits per heavy atom. The van der Waals surface area contributed by atoms with Crippen molar-refractivity contribution in [2.45, 2.75) is 33.4 Å². The number of ether oxygens (including phenoxy) is 2. The van der Waals surface area contributed by atoms with E-state index in [2.05, 4.69) is 15.1 Å². The van der Waals surface area contributed by atoms with Crippen LogP contribution in [-0.4, -0.2) is 37.4 Å². The zero-order chi connectivity index (χ0) is 28.6. The van der Waals surface area contributed by atoms with Crippen LogP contribution in [0, 0.1) is 13.8 Å². The van der Waals surface area contributed by atoms with Gasteiger partial charge in [0.1, 0.15) is 23.2 Å². The van der Waals surface area contributed by atoms with Crippen molar-refractivity contribution in [3.05, 3.63) is 89.2 Å². The summed E-state index contributed by atoms with van der Waals surface area (Å²) >= 11 is 1.25. The Bertz CT molecular complexity index is 1450. The lowest BCUT2D eigenvalue weighted by Crippen LogP contribution is -2.43. The Hall–Kier alpha value is -4.15. The molecule has 10 heteroatoms. The fourth-order valence-corrected chi connectivity index (χ4v) is 5.06. The van der Waals surface area contributed by atoms with Gasteiger partial charge in [0.2, 0.25) is 0 Å². The van der Waals surface area contributed by atoms with Gasteiger partial charge in [-0.3, -0.25) is 0 Å². The molecule has 0 aliphatic rings. The normalized spacial score (nSPS) is 11.9. The summed E-state index contributed by atoms with van der Waals surface area (Å²) in [5.41, 5.74) is 4.45. The smallest absolute Gasteiger partial charge is 0.409 e. The summed E-state index contributed by atoms with van der Waals surface area (Å²) in [5, 5.41) is 20.4. The van der Waals surface area contributed by atoms with Crippen LogP contribution in [0.5, 0.6) is 5.75 Å². The van der Waals surface area contributed by atoms with Gasteiger partial charge in [-0.25, -0.2) is 13.9 Å². The zero-order valence-electron chi connectivity index (χ0n) is 23.4. The molecule has 0 radical (unpaired) electrons. The van der Waals surface area contributed by atoms with E-state index in [-0.39, 0.29) is 5.97 Å². The first kappa shape index (κ1) is 28.8. The number of rotatable bonds is 11. The molecule has 0 saturated heterocycles. The molecule has 2 heterocycles. The number of benzene rings is 2. The molecule has 1 N–H and O–H groups in total. The summed E-state index contributed by atoms with van der Waals surface area (Å²) < 4.78 is 14.3. The first-order chi connectivity index (χ1) is 19.3. The molecule has 2 aromatic heterocycles. The average Bonchev–Trinajstić information content (AvgIpc) is 3.25. The standard InChI is InChI=1S/C30H35N5O4S/c1-6-39-29(37)28-22(3)33(4)30(40-28)32-31-23-7-9-24(10-8-23)35(25-11-13-27(38-5)14-12-25)20-26(36)19-34-17-15-21(2)16-18-34/h7-18,26,36H,6,19-20H2,1-5H3/q+2. The molecule has 0 aliphatic carbocycles. The molecule has 9 nitrogen and oxygen atoms in total. The van der Waals surface area contributed by atoms with Gasteiger partial charge in [-0.15, -0.1) is 0 Å². The molecule has 208 valence electrons. The molecule has 1 unspecified atom stereocenters. The van der Waals surface area contributed by atoms with E-state index in [1.54, 1.807) is 14.0 Å². The van der Waals surface area contributed by atoms with Crippen LogP contribution >= 0.6 is 11.3 Å². The van der Waals surface area contributed by atoms with Crippen LogP contribution in [0.4, 0.5) is 22.2 Å². The van der Waals surface area contributed by atoms with E-state index in [4.69, 9.17) is 9.47 Å². The Morgan fingerprint density at radius 2 is 1.62 bits per heavy atom. The van der Waals surface area contributed by atoms with Gasteiger partial charge in [0.25, 0.3) is 0 Å². The summed E-state index contributed by atoms with van der Waals surface area (Å²) in [4.78, 5) is 14.8. The monoisotopic (exact) mass is 561 g/mol. The van der Waals surface area contributed by atoms with Gasteiger partial charge in [0.15, 0.2) is 23.8 Å². The van der Waals surface area contributed by atoms with Crippen LogP contribution in [0.1, 0.15) is 27.9 Å². The quantitative estimate of drug-likeness (QED) is 0.153. The van der Waals surface area contributed by atoms with E-state index >= 15 is 0 Å². The highest BCUT2D eigenvalue weighted by Crippen LogP contribution is 2.30. The maximum Gasteiger partial charge on any atom is 0.409 e. The van der Waals surface area contributed by atoms with Gasteiger partial charge in [0.05, 0.1) is 32.4 Å². The second-order valence-corrected chi connectivity index (χ2v) is 10.3. The van der Waals surface area contributed by atoms with Crippen molar-refractivity contribution in [2.24, 2.45) is 17.3 Å². The van der Waals surface area contributed by atoms with Crippen molar-refractivity contribution in [3.63, 3.8) is 0 Å². The topological polar surface area (TPSA) is 91.5 Å². The second-order valence-electron chi connectivity index (χ2n) is 9.33. The molecule has 4 aromatic rings. The molecule has 0 fully saturated rings. The van der Waals surface area contributed by atoms with Crippen molar-refractivity contribution in [3.8, 4) is 5.75 Å². The number of carbonyl (C=O) groups is 1. The van der Waals surface area contributed by atoms with Crippen molar-refractivity contribution >= 4 is 39.5 Å². The van der Waals surface area contributed by atoms with E-state index in [0.29, 0.717) is 35.4 Å². The molecule has 0 spiro atoms. The third-order valence-corrected chi connectivity index (χ3v) is 7.65. The molecule has 1 atom stereocenters. The number of aryl methyl sites for hydroxylation is 1. The van der Waals surface area contributed by atoms with Gasteiger partial charge in [-0.05, 0) is 91.3 Å². The number of aliphatic hydroxyl groups excluding tert-OH is 1. The molecule has 0 amide bonds. The maximum absolute atomic E-state index is 12.2. The van der Waals surface area contributed by atoms with Gasteiger partial charge in [-0.1, -0.05) is 0 Å². The number of aliphatic hydroxyl groups is 1. The number of thiazole rings is 1. The lowest BCUT2D eigenvalue weighted by Gasteiger charge is -2.27. The van der Waals surface area contributed by atoms with E-state index < -0.39 is 6.10 Å². The van der Waals surface area contributed by atoms with Crippen LogP contribution in [0.15, 0.2) is 83.3 Å². The van der Waals surface area contributed by atoms with Crippen LogP contribution in [0.25, 0.3) is 0 Å². The lowest BCUT2D eigenvalue weighted by atomic mass is 10.2. The Labute approximate surface area is 238 Å². The third-order valence-electron chi connectivity index (χ3n) is 6.44. The molecular formula is C30H35N5O4S+2. The number of methoxy groups -OCH3 is 1. The van der Waals surface area contributed by atoms with E-state index in [1.807, 2.05) is 103 Å². The predicted molar refractivity (Wildman–Crippen MR) is 154 cm³/mol. The zero-order valence-corrected chi connectivity index (χ0v) is 24.3. The van der Waals surface area contributed by atoms with Crippen LogP contribution in [0.3, 0.4) is 0 Å². The molecule has 4 rings (SSSR count). The number of hydrogen-bond acceptors (Lipinski definition) is 8. The molecule has 0 saturated carbocycles. The molecular weight excluding hydrogens is 526 g/mol. The number of esters is 1. The number of anilines is 2. The highest BCUT2D eigenvalue weighted by atomic mass is 32.1. The molecule has 40 heavy (non-hydrogen) atoms. The first-order valence-corrected chi connectivity index (χ1v) is 13.8. The minimum Gasteiger partial charge on any atom is -0.497 e. The fraction of sp³-hybridized carbons (Fsp3) is 0.300. The fourth-order valence-electron chi connectivity index (χ4n) is 4.09. The summed E-state index contributed by atoms with van der Waals surface area (Å²) in [7, 11) is 3.48. The number of azo groups is 1. The lowest BCUT2D eigenvalue weighted by molar-refractivity contribution is -0.703. The summed E-state index contributed by atoms with van der Waals surface area (Å²) in [6, 6.07) is 19.5. The summed E-state index contributed by atoms with van der Waals surface area (Å²) in [6.45, 7) is 6.84. The number of pyridine rings is 1. The van der Waals surface area contributed by atoms with Crippen molar-refractivity contribution < 1.29 is 28.5 Å². The second kappa shape index (κ2) is 13.3. The number of aromatic nitrogens is 2. The maximum atomic E-state index is 12.2. The minimum absolute atomic E-state index is 0.318. The first-order valence-electron chi connectivity index (χ1n) is 13.0. The van der Waals surface area contributed by atoms with E-state index in [9.17, 15) is 9.90 Å². The molecule has 0 bridgehead atoms. The predicted octanol–water partition coefficient (Wildman–Crippen LogP) is 5.28. The Balaban J connectivity index is 1.54. The highest BCUT2D eigenvalue weighted by Gasteiger charge is 2.25. The molecule has 2 aromatic carbocycles. The van der Waals surface area contributed by atoms with Gasteiger partial charge >= 0.3 is 11.1 Å². The largest absolute Gasteiger partial charge is 0.497 e. The Morgan fingerprint density at radius 3 is 2.23 bits per heavy atom. The van der Waals surface area contributed by atoms with Gasteiger partial charge in [-0.2, -0.15) is 0 Å². The van der Waals surface area contributed by atoms with Crippen LogP contribution < -0.4 is 18.8 Å². The van der Waals surface area contributed by atoms with Crippen LogP contribution in [-0.2, 0) is 18.3 Å². The molecule has 0 aliphatic heterocycles. The van der Waals surface area contributed by atoms with Gasteiger partial charge in [0, 0.05) is 23.5 Å². The van der Waals surface area contributed by atoms with Crippen molar-refractivity contribution in [1.82, 2.24) is 0 Å². The Kier molecular flexibility index (Phi) is 9.57. The highest BCUT2D eigenvalue weighted by molar-refractivity contribution is 7.16. The van der Waals surface area contributed by atoms with E-state index in [1.165, 1.54) is 16.9 Å². The summed E-state index contributed by atoms with van der Waals surface area (Å²) in [5.74, 6) is 0.409. The van der Waals surface area contributed by atoms with Gasteiger partial charge < -0.3 is 19.5 Å². The number of hydrogen-bond donors (Lipinski definition) is 1. The SMILES string of the molecule is CCOC(=O)c1sc(N=Nc2ccc(N(CC(O)C[n+]3ccc(C)cc3)c3ccc(OC)cc3)cc2)[n+](C)c1C. The van der Waals surface area contributed by atoms with Crippen LogP contribution in [0.2, 0.25) is 0 Å². The van der Waals surface area contributed by atoms with E-state index in [0.717, 1.165) is 22.8 Å². The average molecular weight is 562 g/mol. The minimum atomic E-state index is -0.621. The van der Waals surface area contributed by atoms with Crippen molar-refractivity contribution in [1.29, 1.82) is 0 Å². The number of nitrogens with zero attached hydrogens (tertiary/aromatic N) is 5. The summed E-state index contributed by atoms with van der Waals surface area (Å²) in [6.07, 6.45) is 3.33. The number of carbonyl (C=O) groups excluding carboxylic acids is 1. The third kappa shape index (κ3) is 7.08.